The van der Waals surface area contributed by atoms with Crippen LogP contribution >= 0.6 is 0 Å². The second kappa shape index (κ2) is 12.2. The molecule has 4 aliphatic rings. The van der Waals surface area contributed by atoms with Crippen LogP contribution in [0.4, 0.5) is 4.79 Å². The van der Waals surface area contributed by atoms with Crippen molar-refractivity contribution in [2.45, 2.75) is 110 Å². The van der Waals surface area contributed by atoms with E-state index in [4.69, 9.17) is 10.5 Å². The molecule has 5 rings (SSSR count). The molecule has 10 heteroatoms. The number of nitrogens with zero attached hydrogens (tertiary/aromatic N) is 1. The van der Waals surface area contributed by atoms with Gasteiger partial charge in [-0.1, -0.05) is 70.2 Å². The van der Waals surface area contributed by atoms with Crippen LogP contribution < -0.4 is 16.4 Å². The minimum absolute atomic E-state index is 0.103. The van der Waals surface area contributed by atoms with Crippen molar-refractivity contribution in [1.82, 2.24) is 15.5 Å². The van der Waals surface area contributed by atoms with Gasteiger partial charge in [0.1, 0.15) is 17.7 Å². The van der Waals surface area contributed by atoms with E-state index in [2.05, 4.69) is 24.5 Å². The number of hydrogen-bond donors (Lipinski definition) is 3. The molecule has 240 valence electrons. The van der Waals surface area contributed by atoms with Crippen molar-refractivity contribution in [3.05, 3.63) is 35.4 Å². The van der Waals surface area contributed by atoms with Gasteiger partial charge in [0.15, 0.2) is 0 Å². The maximum atomic E-state index is 14.5. The summed E-state index contributed by atoms with van der Waals surface area (Å²) in [5.41, 5.74) is 6.76. The first kappa shape index (κ1) is 32.0. The number of alkyl carbamates (subject to hydrolysis) is 1. The van der Waals surface area contributed by atoms with E-state index in [-0.39, 0.29) is 35.0 Å². The topological polar surface area (TPSA) is 148 Å². The average Bonchev–Trinajstić information content (AvgIpc) is 3.32. The molecule has 5 unspecified atom stereocenters. The highest BCUT2D eigenvalue weighted by atomic mass is 16.6. The molecular formula is C34H48N4O6. The standard InChI is InChI=1S/C34H48N4O6/c1-33(2,3)44-32(43)37-26(22-16-20-13-9-10-14-21(20)17-22)31(42)38-18-23-25(34(23,4)5)27(38)30(41)36-24(28(39)29(35)40)15-19-11-7-6-8-12-19/h9-10,13-14,19,22-27H,6-8,11-12,15-18H2,1-5H3,(H2,35,40)(H,36,41)(H,37,43). The number of likely N-dealkylation sites (tertiary alicyclic amines) is 1. The van der Waals surface area contributed by atoms with E-state index >= 15 is 0 Å². The fraction of sp³-hybridized carbons (Fsp3) is 0.676. The van der Waals surface area contributed by atoms with Crippen LogP contribution in [0.5, 0.6) is 0 Å². The van der Waals surface area contributed by atoms with Crippen LogP contribution in [-0.4, -0.2) is 64.8 Å². The Kier molecular flexibility index (Phi) is 8.84. The predicted octanol–water partition coefficient (Wildman–Crippen LogP) is 3.29. The number of hydrogen-bond acceptors (Lipinski definition) is 6. The molecule has 10 nitrogen and oxygen atoms in total. The molecule has 0 bridgehead atoms. The third kappa shape index (κ3) is 6.64. The quantitative estimate of drug-likeness (QED) is 0.367. The molecule has 44 heavy (non-hydrogen) atoms. The number of Topliss-reactive ketones (excluding diaryl/α,β-unsaturated/α-hetero) is 1. The van der Waals surface area contributed by atoms with E-state index in [9.17, 15) is 24.0 Å². The van der Waals surface area contributed by atoms with E-state index < -0.39 is 47.4 Å². The molecule has 3 fully saturated rings. The summed E-state index contributed by atoms with van der Waals surface area (Å²) in [5.74, 6) is -2.65. The Morgan fingerprint density at radius 1 is 1.00 bits per heavy atom. The Balaban J connectivity index is 1.39. The lowest BCUT2D eigenvalue weighted by atomic mass is 9.83. The van der Waals surface area contributed by atoms with E-state index in [0.717, 1.165) is 43.2 Å². The molecule has 0 spiro atoms. The van der Waals surface area contributed by atoms with E-state index in [1.54, 1.807) is 25.7 Å². The summed E-state index contributed by atoms with van der Waals surface area (Å²) >= 11 is 0. The molecule has 1 aromatic carbocycles. The van der Waals surface area contributed by atoms with Gasteiger partial charge in [-0.2, -0.15) is 0 Å². The van der Waals surface area contributed by atoms with Crippen molar-refractivity contribution in [3.63, 3.8) is 0 Å². The number of ether oxygens (including phenoxy) is 1. The molecule has 1 aliphatic heterocycles. The van der Waals surface area contributed by atoms with Crippen LogP contribution in [0.25, 0.3) is 0 Å². The Bertz CT molecular complexity index is 1290. The van der Waals surface area contributed by atoms with Crippen LogP contribution in [0.2, 0.25) is 0 Å². The highest BCUT2D eigenvalue weighted by molar-refractivity contribution is 6.37. The third-order valence-electron chi connectivity index (χ3n) is 10.4. The summed E-state index contributed by atoms with van der Waals surface area (Å²) in [4.78, 5) is 68.0. The first-order chi connectivity index (χ1) is 20.7. The Morgan fingerprint density at radius 2 is 1.61 bits per heavy atom. The third-order valence-corrected chi connectivity index (χ3v) is 10.4. The van der Waals surface area contributed by atoms with Gasteiger partial charge in [-0.15, -0.1) is 0 Å². The highest BCUT2D eigenvalue weighted by Crippen LogP contribution is 2.65. The first-order valence-electron chi connectivity index (χ1n) is 16.2. The number of nitrogens with one attached hydrogen (secondary N) is 2. The first-order valence-corrected chi connectivity index (χ1v) is 16.2. The number of ketones is 1. The molecule has 0 aromatic heterocycles. The zero-order valence-electron chi connectivity index (χ0n) is 26.7. The Morgan fingerprint density at radius 3 is 2.18 bits per heavy atom. The largest absolute Gasteiger partial charge is 0.444 e. The maximum Gasteiger partial charge on any atom is 0.408 e. The number of carbonyl (C=O) groups excluding carboxylic acids is 5. The van der Waals surface area contributed by atoms with Gasteiger partial charge in [-0.25, -0.2) is 4.79 Å². The number of benzene rings is 1. The SMILES string of the molecule is CC(C)(C)OC(=O)NC(C(=O)N1CC2C(C1C(=O)NC(CC1CCCCC1)C(=O)C(N)=O)C2(C)C)C1Cc2ccccc2C1. The number of carbonyl (C=O) groups is 5. The fourth-order valence-corrected chi connectivity index (χ4v) is 8.05. The van der Waals surface area contributed by atoms with Gasteiger partial charge in [0, 0.05) is 6.54 Å². The van der Waals surface area contributed by atoms with Crippen molar-refractivity contribution >= 4 is 29.6 Å². The highest BCUT2D eigenvalue weighted by Gasteiger charge is 2.69. The number of piperidine rings is 1. The zero-order chi connectivity index (χ0) is 32.0. The molecule has 1 heterocycles. The van der Waals surface area contributed by atoms with Crippen LogP contribution in [0.1, 0.15) is 84.3 Å². The minimum Gasteiger partial charge on any atom is -0.444 e. The lowest BCUT2D eigenvalue weighted by Gasteiger charge is -2.36. The smallest absolute Gasteiger partial charge is 0.408 e. The van der Waals surface area contributed by atoms with E-state index in [1.165, 1.54) is 0 Å². The Labute approximate surface area is 260 Å². The van der Waals surface area contributed by atoms with Crippen molar-refractivity contribution in [3.8, 4) is 0 Å². The molecule has 4 amide bonds. The van der Waals surface area contributed by atoms with Crippen LogP contribution in [-0.2, 0) is 36.8 Å². The van der Waals surface area contributed by atoms with Crippen molar-refractivity contribution < 1.29 is 28.7 Å². The number of amides is 4. The van der Waals surface area contributed by atoms with Gasteiger partial charge in [-0.3, -0.25) is 19.2 Å². The molecule has 3 aliphatic carbocycles. The average molecular weight is 609 g/mol. The Hall–Kier alpha value is -3.43. The normalized spacial score (nSPS) is 25.8. The summed E-state index contributed by atoms with van der Waals surface area (Å²) in [6.45, 7) is 9.84. The summed E-state index contributed by atoms with van der Waals surface area (Å²) in [6.07, 6.45) is 6.01. The van der Waals surface area contributed by atoms with Gasteiger partial charge >= 0.3 is 6.09 Å². The molecule has 4 N–H and O–H groups in total. The summed E-state index contributed by atoms with van der Waals surface area (Å²) < 4.78 is 5.55. The number of fused-ring (bicyclic) bond motifs is 2. The van der Waals surface area contributed by atoms with Crippen LogP contribution in [0.3, 0.4) is 0 Å². The molecule has 0 radical (unpaired) electrons. The minimum atomic E-state index is -1.07. The fourth-order valence-electron chi connectivity index (χ4n) is 8.05. The summed E-state index contributed by atoms with van der Waals surface area (Å²) in [7, 11) is 0. The summed E-state index contributed by atoms with van der Waals surface area (Å²) in [6, 6.07) is 5.25. The molecule has 5 atom stereocenters. The number of primary amides is 1. The lowest BCUT2D eigenvalue weighted by Crippen LogP contribution is -2.60. The van der Waals surface area contributed by atoms with Crippen LogP contribution in [0, 0.1) is 29.1 Å². The van der Waals surface area contributed by atoms with Gasteiger partial charge in [0.25, 0.3) is 5.91 Å². The molecule has 1 aromatic rings. The van der Waals surface area contributed by atoms with Crippen LogP contribution in [0.15, 0.2) is 24.3 Å². The molecule has 2 saturated carbocycles. The molecular weight excluding hydrogens is 560 g/mol. The monoisotopic (exact) mass is 608 g/mol. The lowest BCUT2D eigenvalue weighted by molar-refractivity contribution is -0.144. The van der Waals surface area contributed by atoms with Gasteiger partial charge in [0.05, 0.1) is 6.04 Å². The van der Waals surface area contributed by atoms with E-state index in [1.807, 2.05) is 24.3 Å². The second-order valence-corrected chi connectivity index (χ2v) is 15.0. The van der Waals surface area contributed by atoms with Crippen molar-refractivity contribution in [2.24, 2.45) is 34.8 Å². The number of rotatable bonds is 9. The van der Waals surface area contributed by atoms with Gasteiger partial charge in [0.2, 0.25) is 17.6 Å². The van der Waals surface area contributed by atoms with Gasteiger partial charge in [-0.05, 0) is 80.2 Å². The van der Waals surface area contributed by atoms with Crippen molar-refractivity contribution in [2.75, 3.05) is 6.54 Å². The maximum absolute atomic E-state index is 14.5. The van der Waals surface area contributed by atoms with E-state index in [0.29, 0.717) is 25.8 Å². The second-order valence-electron chi connectivity index (χ2n) is 15.0. The zero-order valence-corrected chi connectivity index (χ0v) is 26.7. The number of nitrogens with two attached hydrogens (primary N) is 1. The molecule has 1 saturated heterocycles. The summed E-state index contributed by atoms with van der Waals surface area (Å²) in [5, 5.41) is 5.73. The predicted molar refractivity (Wildman–Crippen MR) is 164 cm³/mol. The van der Waals surface area contributed by atoms with Gasteiger partial charge < -0.3 is 26.0 Å². The van der Waals surface area contributed by atoms with Crippen molar-refractivity contribution in [1.29, 1.82) is 0 Å².